The van der Waals surface area contributed by atoms with Crippen LogP contribution in [0.15, 0.2) is 11.1 Å². The number of alkyl carbamates (subject to hydrolysis) is 1. The average molecular weight is 525 g/mol. The summed E-state index contributed by atoms with van der Waals surface area (Å²) in [7, 11) is 4.03. The van der Waals surface area contributed by atoms with Crippen LogP contribution in [0.2, 0.25) is 0 Å². The van der Waals surface area contributed by atoms with E-state index in [1.54, 1.807) is 18.5 Å². The lowest BCUT2D eigenvalue weighted by atomic mass is 10.1. The zero-order chi connectivity index (χ0) is 26.3. The Labute approximate surface area is 209 Å². The molecule has 1 amide bonds. The minimum atomic E-state index is -1.36. The number of esters is 1. The summed E-state index contributed by atoms with van der Waals surface area (Å²) < 4.78 is 19.3. The molecule has 0 saturated carbocycles. The predicted octanol–water partition coefficient (Wildman–Crippen LogP) is -2.04. The lowest BCUT2D eigenvalue weighted by Gasteiger charge is -2.18. The molecular weight excluding hydrogens is 496 g/mol. The molecule has 1 fully saturated rings. The minimum absolute atomic E-state index is 0. The number of aryl methyl sites for hydroxylation is 3. The molecule has 4 heterocycles. The van der Waals surface area contributed by atoms with Gasteiger partial charge in [-0.15, -0.1) is 0 Å². The number of aliphatic hydroxyl groups is 3. The summed E-state index contributed by atoms with van der Waals surface area (Å²) in [5.74, 6) is -0.400. The van der Waals surface area contributed by atoms with E-state index in [0.29, 0.717) is 17.0 Å². The topological polar surface area (TPSA) is 222 Å². The van der Waals surface area contributed by atoms with Crippen molar-refractivity contribution in [3.05, 3.63) is 28.1 Å². The fourth-order valence-corrected chi connectivity index (χ4v) is 4.49. The maximum absolute atomic E-state index is 13.5. The molecule has 16 nitrogen and oxygen atoms in total. The molecule has 3 aromatic heterocycles. The number of aliphatic hydroxyl groups excluding tert-OH is 3. The molecule has 5 atom stereocenters. The van der Waals surface area contributed by atoms with Crippen molar-refractivity contribution in [1.29, 1.82) is 0 Å². The highest BCUT2D eigenvalue weighted by atomic mass is 16.6. The van der Waals surface area contributed by atoms with Gasteiger partial charge in [0.25, 0.3) is 5.56 Å². The van der Waals surface area contributed by atoms with E-state index in [1.165, 1.54) is 29.5 Å². The number of carbonyl (C=O) groups excluding carboxylic acids is 2. The number of carbonyl (C=O) groups is 2. The van der Waals surface area contributed by atoms with Gasteiger partial charge in [-0.1, -0.05) is 0 Å². The maximum Gasteiger partial charge on any atom is 0.407 e. The van der Waals surface area contributed by atoms with Crippen LogP contribution in [-0.4, -0.2) is 102 Å². The van der Waals surface area contributed by atoms with Crippen LogP contribution in [-0.2, 0) is 32.5 Å². The summed E-state index contributed by atoms with van der Waals surface area (Å²) in [5, 5.41) is 32.4. The number of amides is 1. The largest absolute Gasteiger partial charge is 0.467 e. The SMILES string of the molecule is COC(=O)N[C@@H](CCc1c(C)nc2n(C)c3c(ncn3[C@@H]3O[C@H](CO)[C@@H](O)[C@H]3O)c(=O)n12)C(=O)OC.[OH]. The molecular formula is C21H29N6O10. The van der Waals surface area contributed by atoms with Gasteiger partial charge in [-0.25, -0.2) is 24.0 Å². The number of ether oxygens (including phenoxy) is 3. The highest BCUT2D eigenvalue weighted by molar-refractivity contribution is 5.81. The number of hydrogen-bond acceptors (Lipinski definition) is 11. The van der Waals surface area contributed by atoms with Crippen molar-refractivity contribution >= 4 is 29.0 Å². The van der Waals surface area contributed by atoms with Crippen molar-refractivity contribution in [1.82, 2.24) is 28.8 Å². The molecule has 16 heteroatoms. The summed E-state index contributed by atoms with van der Waals surface area (Å²) >= 11 is 0. The summed E-state index contributed by atoms with van der Waals surface area (Å²) in [6.07, 6.45) is -3.96. The normalized spacial score (nSPS) is 22.1. The second-order valence-corrected chi connectivity index (χ2v) is 8.45. The Balaban J connectivity index is 0.00000380. The van der Waals surface area contributed by atoms with Crippen LogP contribution in [0.25, 0.3) is 16.9 Å². The lowest BCUT2D eigenvalue weighted by molar-refractivity contribution is -0.143. The molecule has 37 heavy (non-hydrogen) atoms. The van der Waals surface area contributed by atoms with E-state index in [2.05, 4.69) is 20.0 Å². The van der Waals surface area contributed by atoms with Gasteiger partial charge in [-0.3, -0.25) is 19.4 Å². The van der Waals surface area contributed by atoms with E-state index >= 15 is 0 Å². The molecule has 0 unspecified atom stereocenters. The standard InChI is InChI=1S/C21H28N6O9.HO/c1-9-11(6-5-10(19(32)34-3)24-21(33)35-4)27-17(31)13-16(25(2)20(27)23-9)26(8-22-13)18-15(30)14(29)12(7-28)36-18;/h8,10,12,14-15,18,28-30H,5-7H2,1-4H3,(H,24,33);1H/t10-,12+,14+,15+,18+;/m0./s1. The molecule has 0 bridgehead atoms. The number of fused-ring (bicyclic) bond motifs is 2. The predicted molar refractivity (Wildman–Crippen MR) is 123 cm³/mol. The van der Waals surface area contributed by atoms with Crippen LogP contribution in [0.5, 0.6) is 0 Å². The first-order valence-corrected chi connectivity index (χ1v) is 11.1. The van der Waals surface area contributed by atoms with Crippen molar-refractivity contribution in [3.63, 3.8) is 0 Å². The smallest absolute Gasteiger partial charge is 0.407 e. The second-order valence-electron chi connectivity index (χ2n) is 8.45. The van der Waals surface area contributed by atoms with Crippen LogP contribution in [0.1, 0.15) is 24.0 Å². The fraction of sp³-hybridized carbons (Fsp3) is 0.571. The number of imidazole rings is 2. The molecule has 3 aromatic rings. The second kappa shape index (κ2) is 10.8. The van der Waals surface area contributed by atoms with Gasteiger partial charge < -0.3 is 34.8 Å². The fourth-order valence-electron chi connectivity index (χ4n) is 4.49. The third-order valence-corrected chi connectivity index (χ3v) is 6.37. The first-order chi connectivity index (χ1) is 17.1. The lowest BCUT2D eigenvalue weighted by Crippen LogP contribution is -2.41. The number of rotatable bonds is 7. The van der Waals surface area contributed by atoms with Crippen molar-refractivity contribution in [2.75, 3.05) is 20.8 Å². The molecule has 1 aliphatic rings. The number of nitrogens with zero attached hydrogens (tertiary/aromatic N) is 5. The molecule has 4 rings (SSSR count). The van der Waals surface area contributed by atoms with Gasteiger partial charge in [0.2, 0.25) is 5.78 Å². The van der Waals surface area contributed by atoms with E-state index < -0.39 is 54.8 Å². The van der Waals surface area contributed by atoms with Crippen molar-refractivity contribution in [3.8, 4) is 0 Å². The Morgan fingerprint density at radius 3 is 2.54 bits per heavy atom. The van der Waals surface area contributed by atoms with Gasteiger partial charge in [0, 0.05) is 7.05 Å². The monoisotopic (exact) mass is 525 g/mol. The number of hydrogen-bond donors (Lipinski definition) is 5. The first kappa shape index (κ1) is 28.0. The Bertz CT molecular complexity index is 1360. The van der Waals surface area contributed by atoms with Gasteiger partial charge in [-0.05, 0) is 19.8 Å². The van der Waals surface area contributed by atoms with E-state index in [1.807, 2.05) is 0 Å². The molecule has 0 aliphatic carbocycles. The summed E-state index contributed by atoms with van der Waals surface area (Å²) in [6, 6.07) is -1.01. The Morgan fingerprint density at radius 2 is 1.95 bits per heavy atom. The third kappa shape index (κ3) is 4.64. The summed E-state index contributed by atoms with van der Waals surface area (Å²) in [4.78, 5) is 46.0. The third-order valence-electron chi connectivity index (χ3n) is 6.37. The number of methoxy groups -OCH3 is 2. The summed E-state index contributed by atoms with van der Waals surface area (Å²) in [5.41, 5.74) is 0.888. The van der Waals surface area contributed by atoms with Gasteiger partial charge in [0.1, 0.15) is 24.4 Å². The van der Waals surface area contributed by atoms with Crippen LogP contribution >= 0.6 is 0 Å². The Kier molecular flexibility index (Phi) is 8.19. The van der Waals surface area contributed by atoms with Gasteiger partial charge >= 0.3 is 12.1 Å². The molecule has 1 aliphatic heterocycles. The van der Waals surface area contributed by atoms with Gasteiger partial charge in [-0.2, -0.15) is 0 Å². The Hall–Kier alpha value is -3.57. The van der Waals surface area contributed by atoms with Gasteiger partial charge in [0.05, 0.1) is 38.5 Å². The van der Waals surface area contributed by atoms with E-state index in [4.69, 9.17) is 9.47 Å². The highest BCUT2D eigenvalue weighted by Gasteiger charge is 2.44. The van der Waals surface area contributed by atoms with E-state index in [-0.39, 0.29) is 29.6 Å². The molecule has 5 N–H and O–H groups in total. The van der Waals surface area contributed by atoms with Crippen LogP contribution in [0.3, 0.4) is 0 Å². The van der Waals surface area contributed by atoms with Crippen LogP contribution in [0.4, 0.5) is 4.79 Å². The molecule has 1 saturated heterocycles. The summed E-state index contributed by atoms with van der Waals surface area (Å²) in [6.45, 7) is 1.21. The van der Waals surface area contributed by atoms with E-state index in [9.17, 15) is 29.7 Å². The minimum Gasteiger partial charge on any atom is -0.467 e. The van der Waals surface area contributed by atoms with Gasteiger partial charge in [0.15, 0.2) is 17.4 Å². The zero-order valence-electron chi connectivity index (χ0n) is 20.6. The van der Waals surface area contributed by atoms with Crippen molar-refractivity contribution in [2.45, 2.75) is 50.3 Å². The van der Waals surface area contributed by atoms with E-state index in [0.717, 1.165) is 0 Å². The number of aromatic nitrogens is 5. The molecule has 203 valence electrons. The molecule has 1 radical (unpaired) electrons. The molecule has 0 aromatic carbocycles. The molecule has 0 spiro atoms. The Morgan fingerprint density at radius 1 is 1.24 bits per heavy atom. The van der Waals surface area contributed by atoms with Crippen molar-refractivity contribution in [2.24, 2.45) is 7.05 Å². The first-order valence-electron chi connectivity index (χ1n) is 11.1. The number of nitrogens with one attached hydrogen (secondary N) is 1. The van der Waals surface area contributed by atoms with Crippen molar-refractivity contribution < 1.29 is 44.6 Å². The average Bonchev–Trinajstić information content (AvgIpc) is 3.54. The quantitative estimate of drug-likeness (QED) is 0.211. The zero-order valence-corrected chi connectivity index (χ0v) is 20.6. The highest BCUT2D eigenvalue weighted by Crippen LogP contribution is 2.31. The van der Waals surface area contributed by atoms with Crippen LogP contribution < -0.4 is 10.9 Å². The maximum atomic E-state index is 13.5. The van der Waals surface area contributed by atoms with Crippen LogP contribution in [0, 0.1) is 6.92 Å².